The third-order valence-electron chi connectivity index (χ3n) is 1.47. The Labute approximate surface area is 146 Å². The van der Waals surface area contributed by atoms with Gasteiger partial charge < -0.3 is 37.9 Å². The Hall–Kier alpha value is 0.436. The van der Waals surface area contributed by atoms with Gasteiger partial charge in [0, 0.05) is 0 Å². The molecule has 0 aliphatic rings. The van der Waals surface area contributed by atoms with Gasteiger partial charge in [0.2, 0.25) is 18.1 Å². The summed E-state index contributed by atoms with van der Waals surface area (Å²) in [5.41, 5.74) is 7.44. The van der Waals surface area contributed by atoms with Crippen LogP contribution in [0.2, 0.25) is 0 Å². The fraction of sp³-hybridized carbons (Fsp3) is 0. The van der Waals surface area contributed by atoms with E-state index in [2.05, 4.69) is 26.3 Å². The second-order valence-electron chi connectivity index (χ2n) is 2.34. The van der Waals surface area contributed by atoms with Crippen LogP contribution < -0.4 is 0 Å². The summed E-state index contributed by atoms with van der Waals surface area (Å²) in [5, 5.41) is 0. The van der Waals surface area contributed by atoms with E-state index in [4.69, 9.17) is 8.23 Å². The van der Waals surface area contributed by atoms with Gasteiger partial charge in [0.1, 0.15) is 21.0 Å². The molecule has 118 valence electrons. The Kier molecular flexibility index (Phi) is 81.5. The standard InChI is InChI=1S/2C4H10OSi2.4CH3.Pt/c2*1-3-7(4-2)5-6;;;;;/h2*3-4,7H,1-2H2,6H3;4*1H3;/q;;4*-1;+4. The van der Waals surface area contributed by atoms with Crippen LogP contribution in [0.5, 0.6) is 0 Å². The average Bonchev–Trinajstić information content (AvgIpc) is 2.24. The van der Waals surface area contributed by atoms with Crippen molar-refractivity contribution in [2.45, 2.75) is 0 Å². The first-order chi connectivity index (χ1) is 6.69. The Bertz CT molecular complexity index is 157. The normalized spacial score (nSPS) is 6.84. The summed E-state index contributed by atoms with van der Waals surface area (Å²) in [5.74, 6) is 0. The van der Waals surface area contributed by atoms with Gasteiger partial charge >= 0.3 is 21.1 Å². The van der Waals surface area contributed by atoms with Crippen LogP contribution in [0.25, 0.3) is 0 Å². The maximum Gasteiger partial charge on any atom is 4.00 e. The molecule has 19 heavy (non-hydrogen) atoms. The zero-order valence-corrected chi connectivity index (χ0v) is 22.0. The van der Waals surface area contributed by atoms with E-state index in [1.54, 1.807) is 0 Å². The fourth-order valence-electron chi connectivity index (χ4n) is 0.577. The minimum Gasteiger partial charge on any atom is -0.460 e. The quantitative estimate of drug-likeness (QED) is 0.383. The average molecular weight is 516 g/mol. The van der Waals surface area contributed by atoms with Gasteiger partial charge in [-0.3, -0.25) is 0 Å². The van der Waals surface area contributed by atoms with Crippen molar-refractivity contribution in [2.24, 2.45) is 0 Å². The van der Waals surface area contributed by atoms with Crippen molar-refractivity contribution in [1.82, 2.24) is 0 Å². The molecule has 0 aromatic rings. The van der Waals surface area contributed by atoms with Gasteiger partial charge in [-0.1, -0.05) is 22.8 Å². The summed E-state index contributed by atoms with van der Waals surface area (Å²) in [4.78, 5) is 0. The molecule has 0 saturated carbocycles. The minimum absolute atomic E-state index is 0. The van der Waals surface area contributed by atoms with Crippen molar-refractivity contribution in [2.75, 3.05) is 0 Å². The summed E-state index contributed by atoms with van der Waals surface area (Å²) in [6.45, 7) is 14.4. The van der Waals surface area contributed by atoms with Gasteiger partial charge in [0.05, 0.1) is 0 Å². The zero-order valence-electron chi connectivity index (χ0n) is 13.4. The van der Waals surface area contributed by atoms with Crippen LogP contribution >= 0.6 is 0 Å². The smallest absolute Gasteiger partial charge is 0.460 e. The van der Waals surface area contributed by atoms with Crippen LogP contribution in [-0.2, 0) is 29.3 Å². The van der Waals surface area contributed by atoms with Crippen LogP contribution in [0.3, 0.4) is 0 Å². The summed E-state index contributed by atoms with van der Waals surface area (Å²) < 4.78 is 10.2. The van der Waals surface area contributed by atoms with E-state index >= 15 is 0 Å². The van der Waals surface area contributed by atoms with E-state index in [9.17, 15) is 0 Å². The molecule has 0 amide bonds. The van der Waals surface area contributed by atoms with Gasteiger partial charge in [-0.2, -0.15) is 0 Å². The molecule has 0 bridgehead atoms. The molecule has 0 saturated heterocycles. The van der Waals surface area contributed by atoms with E-state index in [0.717, 1.165) is 21.0 Å². The molecule has 0 aromatic heterocycles. The van der Waals surface area contributed by atoms with Crippen LogP contribution in [0.4, 0.5) is 0 Å². The summed E-state index contributed by atoms with van der Waals surface area (Å²) >= 11 is 0. The fourth-order valence-corrected chi connectivity index (χ4v) is 4.04. The Morgan fingerprint density at radius 3 is 0.789 bits per heavy atom. The van der Waals surface area contributed by atoms with Crippen molar-refractivity contribution in [3.63, 3.8) is 0 Å². The first kappa shape index (κ1) is 42.7. The van der Waals surface area contributed by atoms with Crippen LogP contribution in [-0.4, -0.2) is 39.1 Å². The molecular formula is C12H32O2PtSi4. The van der Waals surface area contributed by atoms with E-state index in [1.807, 2.05) is 22.8 Å². The zero-order chi connectivity index (χ0) is 11.4. The van der Waals surface area contributed by atoms with Gasteiger partial charge in [0.25, 0.3) is 0 Å². The monoisotopic (exact) mass is 515 g/mol. The molecule has 0 aromatic carbocycles. The Balaban J connectivity index is -0.0000000240. The molecule has 0 heterocycles. The first-order valence-electron chi connectivity index (χ1n) is 4.25. The predicted molar refractivity (Wildman–Crippen MR) is 103 cm³/mol. The molecule has 0 aliphatic carbocycles. The molecule has 0 rings (SSSR count). The molecule has 0 spiro atoms. The maximum absolute atomic E-state index is 5.09. The molecule has 2 nitrogen and oxygen atoms in total. The van der Waals surface area contributed by atoms with Gasteiger partial charge in [-0.25, -0.2) is 0 Å². The molecule has 0 unspecified atom stereocenters. The summed E-state index contributed by atoms with van der Waals surface area (Å²) in [7, 11) is -0.542. The van der Waals surface area contributed by atoms with Gasteiger partial charge in [-0.05, 0) is 0 Å². The van der Waals surface area contributed by atoms with E-state index < -0.39 is 18.1 Å². The molecule has 0 N–H and O–H groups in total. The van der Waals surface area contributed by atoms with Crippen molar-refractivity contribution in [3.05, 3.63) is 78.8 Å². The molecular weight excluding hydrogens is 484 g/mol. The van der Waals surface area contributed by atoms with Crippen LogP contribution in [0, 0.1) is 29.7 Å². The van der Waals surface area contributed by atoms with Crippen molar-refractivity contribution in [3.8, 4) is 0 Å². The second-order valence-corrected chi connectivity index (χ2v) is 9.86. The van der Waals surface area contributed by atoms with E-state index in [1.165, 1.54) is 0 Å². The number of rotatable bonds is 6. The van der Waals surface area contributed by atoms with Gasteiger partial charge in [0.15, 0.2) is 0 Å². The van der Waals surface area contributed by atoms with Crippen LogP contribution in [0.1, 0.15) is 0 Å². The van der Waals surface area contributed by atoms with Gasteiger partial charge in [-0.15, -0.1) is 26.3 Å². The maximum atomic E-state index is 5.09. The third kappa shape index (κ3) is 32.2. The van der Waals surface area contributed by atoms with E-state index in [0.29, 0.717) is 0 Å². The number of hydrogen-bond donors (Lipinski definition) is 0. The Morgan fingerprint density at radius 1 is 0.632 bits per heavy atom. The predicted octanol–water partition coefficient (Wildman–Crippen LogP) is 0.714. The first-order valence-corrected chi connectivity index (χ1v) is 9.50. The van der Waals surface area contributed by atoms with Crippen molar-refractivity contribution >= 4 is 39.1 Å². The summed E-state index contributed by atoms with van der Waals surface area (Å²) in [6.07, 6.45) is 0. The number of hydrogen-bond acceptors (Lipinski definition) is 2. The molecule has 0 radical (unpaired) electrons. The third-order valence-corrected chi connectivity index (χ3v) is 7.69. The SMILES string of the molecule is C=C[SiH](C=C)O[SiH3].C=C[SiH](C=C)O[SiH3].[CH3-].[CH3-].[CH3-].[CH3-].[Pt+4]. The topological polar surface area (TPSA) is 18.5 Å². The minimum atomic E-state index is -1.08. The molecule has 7 heteroatoms. The van der Waals surface area contributed by atoms with Crippen LogP contribution in [0.15, 0.2) is 49.1 Å². The molecule has 0 fully saturated rings. The molecule has 0 atom stereocenters. The largest absolute Gasteiger partial charge is 4.00 e. The summed E-state index contributed by atoms with van der Waals surface area (Å²) in [6, 6.07) is 0. The van der Waals surface area contributed by atoms with Crippen molar-refractivity contribution in [1.29, 1.82) is 0 Å². The Morgan fingerprint density at radius 2 is 0.789 bits per heavy atom. The van der Waals surface area contributed by atoms with E-state index in [-0.39, 0.29) is 50.8 Å². The second kappa shape index (κ2) is 36.2. The van der Waals surface area contributed by atoms with Crippen molar-refractivity contribution < 1.29 is 29.3 Å². The molecule has 0 aliphatic heterocycles.